The van der Waals surface area contributed by atoms with E-state index in [9.17, 15) is 8.42 Å². The van der Waals surface area contributed by atoms with Gasteiger partial charge < -0.3 is 4.57 Å². The number of rotatable bonds is 3. The number of aryl methyl sites for hydroxylation is 1. The van der Waals surface area contributed by atoms with Crippen LogP contribution in [-0.4, -0.2) is 23.0 Å². The van der Waals surface area contributed by atoms with Crippen LogP contribution in [0, 0.1) is 0 Å². The Labute approximate surface area is 103 Å². The van der Waals surface area contributed by atoms with Crippen LogP contribution in [-0.2, 0) is 17.1 Å². The zero-order valence-corrected chi connectivity index (χ0v) is 10.4. The van der Waals surface area contributed by atoms with Gasteiger partial charge in [0, 0.05) is 19.4 Å². The third-order valence-corrected chi connectivity index (χ3v) is 3.51. The van der Waals surface area contributed by atoms with Gasteiger partial charge in [-0.15, -0.1) is 0 Å². The van der Waals surface area contributed by atoms with Crippen LogP contribution in [0.25, 0.3) is 0 Å². The Morgan fingerprint density at radius 1 is 1.35 bits per heavy atom. The van der Waals surface area contributed by atoms with E-state index < -0.39 is 10.0 Å². The van der Waals surface area contributed by atoms with Crippen molar-refractivity contribution in [1.29, 1.82) is 0 Å². The van der Waals surface area contributed by atoms with Crippen molar-refractivity contribution in [2.45, 2.75) is 4.90 Å². The first kappa shape index (κ1) is 11.9. The zero-order chi connectivity index (χ0) is 12.5. The summed E-state index contributed by atoms with van der Waals surface area (Å²) < 4.78 is 27.7. The molecule has 2 aromatic heterocycles. The van der Waals surface area contributed by atoms with Crippen LogP contribution in [0.5, 0.6) is 0 Å². The van der Waals surface area contributed by atoms with Gasteiger partial charge in [0.15, 0.2) is 5.82 Å². The summed E-state index contributed by atoms with van der Waals surface area (Å²) in [6.45, 7) is 0. The molecule has 17 heavy (non-hydrogen) atoms. The maximum absolute atomic E-state index is 11.9. The van der Waals surface area contributed by atoms with Crippen LogP contribution in [0.1, 0.15) is 0 Å². The molecule has 0 atom stereocenters. The summed E-state index contributed by atoms with van der Waals surface area (Å²) in [6.07, 6.45) is 5.65. The molecule has 0 bridgehead atoms. The van der Waals surface area contributed by atoms with Gasteiger partial charge in [-0.2, -0.15) is 0 Å². The van der Waals surface area contributed by atoms with Crippen molar-refractivity contribution in [2.75, 3.05) is 4.72 Å². The van der Waals surface area contributed by atoms with Crippen molar-refractivity contribution in [1.82, 2.24) is 14.5 Å². The van der Waals surface area contributed by atoms with Crippen molar-refractivity contribution >= 4 is 27.4 Å². The third-order valence-electron chi connectivity index (χ3n) is 1.97. The van der Waals surface area contributed by atoms with Crippen LogP contribution >= 0.6 is 11.6 Å². The number of nitrogens with zero attached hydrogens (tertiary/aromatic N) is 3. The summed E-state index contributed by atoms with van der Waals surface area (Å²) in [6, 6.07) is 1.49. The molecule has 0 unspecified atom stereocenters. The van der Waals surface area contributed by atoms with Gasteiger partial charge >= 0.3 is 0 Å². The highest BCUT2D eigenvalue weighted by Gasteiger charge is 2.15. The molecule has 0 saturated carbocycles. The molecular formula is C9H9ClN4O2S. The van der Waals surface area contributed by atoms with Crippen LogP contribution < -0.4 is 4.72 Å². The van der Waals surface area contributed by atoms with Gasteiger partial charge in [-0.05, 0) is 6.07 Å². The fraction of sp³-hybridized carbons (Fsp3) is 0.111. The average Bonchev–Trinajstić information content (AvgIpc) is 2.69. The standard InChI is InChI=1S/C9H9ClN4O2S/c1-14-3-2-7(6-14)17(15,16)13-9-5-11-8(10)4-12-9/h2-6H,1H3,(H,12,13). The van der Waals surface area contributed by atoms with Crippen LogP contribution in [0.3, 0.4) is 0 Å². The fourth-order valence-corrected chi connectivity index (χ4v) is 2.34. The van der Waals surface area contributed by atoms with Crippen LogP contribution in [0.4, 0.5) is 5.82 Å². The first-order valence-electron chi connectivity index (χ1n) is 4.60. The maximum atomic E-state index is 11.9. The van der Waals surface area contributed by atoms with E-state index in [-0.39, 0.29) is 15.9 Å². The molecule has 0 aromatic carbocycles. The Balaban J connectivity index is 2.26. The Morgan fingerprint density at radius 2 is 2.12 bits per heavy atom. The molecule has 0 fully saturated rings. The molecule has 1 N–H and O–H groups in total. The van der Waals surface area contributed by atoms with Crippen molar-refractivity contribution < 1.29 is 8.42 Å². The molecule has 6 nitrogen and oxygen atoms in total. The number of hydrogen-bond donors (Lipinski definition) is 1. The molecule has 2 heterocycles. The molecule has 2 aromatic rings. The highest BCUT2D eigenvalue weighted by Crippen LogP contribution is 2.14. The van der Waals surface area contributed by atoms with Crippen molar-refractivity contribution in [2.24, 2.45) is 7.05 Å². The lowest BCUT2D eigenvalue weighted by Gasteiger charge is -2.04. The second-order valence-electron chi connectivity index (χ2n) is 3.34. The van der Waals surface area contributed by atoms with Gasteiger partial charge in [0.2, 0.25) is 0 Å². The topological polar surface area (TPSA) is 76.9 Å². The fourth-order valence-electron chi connectivity index (χ4n) is 1.20. The highest BCUT2D eigenvalue weighted by atomic mass is 35.5. The first-order valence-corrected chi connectivity index (χ1v) is 6.46. The summed E-state index contributed by atoms with van der Waals surface area (Å²) in [5.41, 5.74) is 0. The minimum atomic E-state index is -3.62. The zero-order valence-electron chi connectivity index (χ0n) is 8.83. The van der Waals surface area contributed by atoms with Gasteiger partial charge in [0.1, 0.15) is 10.0 Å². The van der Waals surface area contributed by atoms with Gasteiger partial charge in [-0.25, -0.2) is 18.4 Å². The molecule has 0 amide bonds. The van der Waals surface area contributed by atoms with Gasteiger partial charge in [-0.3, -0.25) is 4.72 Å². The lowest BCUT2D eigenvalue weighted by Crippen LogP contribution is -2.13. The van der Waals surface area contributed by atoms with Gasteiger partial charge in [0.25, 0.3) is 10.0 Å². The molecule has 0 saturated heterocycles. The molecule has 0 aliphatic carbocycles. The molecule has 0 radical (unpaired) electrons. The maximum Gasteiger partial charge on any atom is 0.264 e. The van der Waals surface area contributed by atoms with Crippen LogP contribution in [0.15, 0.2) is 35.7 Å². The van der Waals surface area contributed by atoms with Gasteiger partial charge in [-0.1, -0.05) is 11.6 Å². The second kappa shape index (κ2) is 4.34. The monoisotopic (exact) mass is 272 g/mol. The number of hydrogen-bond acceptors (Lipinski definition) is 4. The minimum Gasteiger partial charge on any atom is -0.356 e. The third kappa shape index (κ3) is 2.75. The second-order valence-corrected chi connectivity index (χ2v) is 5.41. The summed E-state index contributed by atoms with van der Waals surface area (Å²) in [7, 11) is -1.88. The Hall–Kier alpha value is -1.60. The smallest absolute Gasteiger partial charge is 0.264 e. The van der Waals surface area contributed by atoms with Crippen molar-refractivity contribution in [3.05, 3.63) is 36.0 Å². The summed E-state index contributed by atoms with van der Waals surface area (Å²) in [5, 5.41) is 0.202. The van der Waals surface area contributed by atoms with Crippen LogP contribution in [0.2, 0.25) is 5.15 Å². The van der Waals surface area contributed by atoms with E-state index in [1.807, 2.05) is 0 Å². The molecule has 0 aliphatic rings. The predicted molar refractivity (Wildman–Crippen MR) is 63.3 cm³/mol. The summed E-state index contributed by atoms with van der Waals surface area (Å²) in [4.78, 5) is 7.70. The SMILES string of the molecule is Cn1ccc(S(=O)(=O)Nc2cnc(Cl)cn2)c1. The largest absolute Gasteiger partial charge is 0.356 e. The number of nitrogens with one attached hydrogen (secondary N) is 1. The highest BCUT2D eigenvalue weighted by molar-refractivity contribution is 7.92. The quantitative estimate of drug-likeness (QED) is 0.913. The number of sulfonamides is 1. The normalized spacial score (nSPS) is 11.4. The Bertz CT molecular complexity index is 621. The number of halogens is 1. The van der Waals surface area contributed by atoms with E-state index in [0.29, 0.717) is 0 Å². The van der Waals surface area contributed by atoms with E-state index in [0.717, 1.165) is 0 Å². The molecule has 0 spiro atoms. The Kier molecular flexibility index (Phi) is 3.03. The average molecular weight is 273 g/mol. The number of aromatic nitrogens is 3. The molecular weight excluding hydrogens is 264 g/mol. The lowest BCUT2D eigenvalue weighted by atomic mass is 10.7. The molecule has 8 heteroatoms. The summed E-state index contributed by atoms with van der Waals surface area (Å²) >= 11 is 5.55. The molecule has 0 aliphatic heterocycles. The Morgan fingerprint density at radius 3 is 2.65 bits per heavy atom. The van der Waals surface area contributed by atoms with E-state index in [1.165, 1.54) is 24.7 Å². The minimum absolute atomic E-state index is 0.123. The molecule has 2 rings (SSSR count). The van der Waals surface area contributed by atoms with Crippen molar-refractivity contribution in [3.63, 3.8) is 0 Å². The van der Waals surface area contributed by atoms with Gasteiger partial charge in [0.05, 0.1) is 12.4 Å². The first-order chi connectivity index (χ1) is 7.97. The van der Waals surface area contributed by atoms with E-state index in [1.54, 1.807) is 17.8 Å². The van der Waals surface area contributed by atoms with E-state index in [4.69, 9.17) is 11.6 Å². The number of anilines is 1. The lowest BCUT2D eigenvalue weighted by molar-refractivity contribution is 0.601. The molecule has 90 valence electrons. The van der Waals surface area contributed by atoms with E-state index >= 15 is 0 Å². The van der Waals surface area contributed by atoms with Crippen molar-refractivity contribution in [3.8, 4) is 0 Å². The summed E-state index contributed by atoms with van der Waals surface area (Å²) in [5.74, 6) is 0.123. The predicted octanol–water partition coefficient (Wildman–Crippen LogP) is 1.27. The van der Waals surface area contributed by atoms with E-state index in [2.05, 4.69) is 14.7 Å².